The number of rotatable bonds is 5. The van der Waals surface area contributed by atoms with Gasteiger partial charge in [0.25, 0.3) is 0 Å². The first-order chi connectivity index (χ1) is 10.1. The van der Waals surface area contributed by atoms with Crippen LogP contribution in [0.3, 0.4) is 0 Å². The maximum Gasteiger partial charge on any atom is 0.308 e. The van der Waals surface area contributed by atoms with Gasteiger partial charge in [-0.05, 0) is 67.8 Å². The van der Waals surface area contributed by atoms with Crippen molar-refractivity contribution < 1.29 is 13.9 Å². The largest absolute Gasteiger partial charge is 0.466 e. The molecule has 0 saturated carbocycles. The van der Waals surface area contributed by atoms with E-state index in [0.717, 1.165) is 18.8 Å². The minimum atomic E-state index is -0.442. The van der Waals surface area contributed by atoms with Gasteiger partial charge >= 0.3 is 5.97 Å². The van der Waals surface area contributed by atoms with Crippen molar-refractivity contribution in [2.75, 3.05) is 19.7 Å². The Hall–Kier alpha value is -0.810. The summed E-state index contributed by atoms with van der Waals surface area (Å²) >= 11 is 3.36. The van der Waals surface area contributed by atoms with Gasteiger partial charge in [-0.15, -0.1) is 0 Å². The van der Waals surface area contributed by atoms with E-state index in [1.54, 1.807) is 0 Å². The third kappa shape index (κ3) is 4.10. The molecule has 0 aromatic carbocycles. The van der Waals surface area contributed by atoms with Gasteiger partial charge in [-0.1, -0.05) is 12.8 Å². The summed E-state index contributed by atoms with van der Waals surface area (Å²) in [4.78, 5) is 14.4. The van der Waals surface area contributed by atoms with Gasteiger partial charge in [0.1, 0.15) is 5.76 Å². The van der Waals surface area contributed by atoms with Crippen molar-refractivity contribution in [3.8, 4) is 0 Å². The molecule has 1 saturated heterocycles. The Labute approximate surface area is 135 Å². The third-order valence-corrected chi connectivity index (χ3v) is 4.63. The Morgan fingerprint density at radius 1 is 1.33 bits per heavy atom. The van der Waals surface area contributed by atoms with Crippen LogP contribution >= 0.6 is 15.9 Å². The lowest BCUT2D eigenvalue weighted by Crippen LogP contribution is -2.46. The predicted octanol–water partition coefficient (Wildman–Crippen LogP) is 4.09. The van der Waals surface area contributed by atoms with Gasteiger partial charge in [0.05, 0.1) is 18.6 Å². The van der Waals surface area contributed by atoms with Gasteiger partial charge in [-0.2, -0.15) is 0 Å². The molecular formula is C16H24BrNO3. The second-order valence-electron chi connectivity index (χ2n) is 5.76. The van der Waals surface area contributed by atoms with E-state index in [4.69, 9.17) is 9.15 Å². The van der Waals surface area contributed by atoms with Crippen LogP contribution < -0.4 is 0 Å². The molecule has 1 aliphatic heterocycles. The van der Waals surface area contributed by atoms with Gasteiger partial charge in [-0.25, -0.2) is 0 Å². The Kier molecular flexibility index (Phi) is 5.88. The molecule has 2 heterocycles. The van der Waals surface area contributed by atoms with E-state index in [1.807, 2.05) is 19.1 Å². The highest BCUT2D eigenvalue weighted by molar-refractivity contribution is 9.10. The average molecular weight is 358 g/mol. The molecular weight excluding hydrogens is 334 g/mol. The van der Waals surface area contributed by atoms with E-state index >= 15 is 0 Å². The van der Waals surface area contributed by atoms with Crippen molar-refractivity contribution in [3.05, 3.63) is 22.6 Å². The maximum atomic E-state index is 12.1. The summed E-state index contributed by atoms with van der Waals surface area (Å²) in [6.07, 6.45) is 5.17. The van der Waals surface area contributed by atoms with Crippen molar-refractivity contribution in [2.45, 2.75) is 51.5 Å². The molecule has 0 N–H and O–H groups in total. The van der Waals surface area contributed by atoms with Crippen LogP contribution in [-0.2, 0) is 15.1 Å². The van der Waals surface area contributed by atoms with E-state index < -0.39 is 5.54 Å². The number of carbonyl (C=O) groups excluding carboxylic acids is 1. The number of likely N-dealkylation sites (tertiary alicyclic amines) is 1. The molecule has 118 valence electrons. The highest BCUT2D eigenvalue weighted by Crippen LogP contribution is 2.36. The third-order valence-electron chi connectivity index (χ3n) is 4.20. The molecule has 0 aliphatic carbocycles. The van der Waals surface area contributed by atoms with Crippen LogP contribution in [0.4, 0.5) is 0 Å². The van der Waals surface area contributed by atoms with Crippen LogP contribution in [0.1, 0.15) is 51.7 Å². The van der Waals surface area contributed by atoms with Crippen LogP contribution in [0.5, 0.6) is 0 Å². The van der Waals surface area contributed by atoms with E-state index in [9.17, 15) is 4.79 Å². The zero-order valence-electron chi connectivity index (χ0n) is 12.9. The smallest absolute Gasteiger partial charge is 0.308 e. The van der Waals surface area contributed by atoms with Crippen LogP contribution in [0.25, 0.3) is 0 Å². The fraction of sp³-hybridized carbons (Fsp3) is 0.688. The molecule has 0 spiro atoms. The second-order valence-corrected chi connectivity index (χ2v) is 6.54. The SMILES string of the molecule is CCOC(=O)CC(C)(c1ccc(Br)o1)N1CCCCCC1. The predicted molar refractivity (Wildman–Crippen MR) is 85.1 cm³/mol. The summed E-state index contributed by atoms with van der Waals surface area (Å²) in [7, 11) is 0. The van der Waals surface area contributed by atoms with E-state index in [1.165, 1.54) is 25.7 Å². The number of hydrogen-bond donors (Lipinski definition) is 0. The minimum Gasteiger partial charge on any atom is -0.466 e. The molecule has 21 heavy (non-hydrogen) atoms. The van der Waals surface area contributed by atoms with Crippen LogP contribution in [0.2, 0.25) is 0 Å². The molecule has 0 amide bonds. The Bertz CT molecular complexity index is 466. The zero-order valence-corrected chi connectivity index (χ0v) is 14.4. The lowest BCUT2D eigenvalue weighted by atomic mass is 9.91. The number of esters is 1. The van der Waals surface area contributed by atoms with E-state index in [2.05, 4.69) is 27.8 Å². The van der Waals surface area contributed by atoms with E-state index in [-0.39, 0.29) is 5.97 Å². The fourth-order valence-corrected chi connectivity index (χ4v) is 3.32. The summed E-state index contributed by atoms with van der Waals surface area (Å²) in [5.74, 6) is 0.654. The zero-order chi connectivity index (χ0) is 15.3. The quantitative estimate of drug-likeness (QED) is 0.744. The Morgan fingerprint density at radius 2 is 2.00 bits per heavy atom. The topological polar surface area (TPSA) is 42.7 Å². The molecule has 1 aliphatic rings. The molecule has 2 rings (SSSR count). The number of nitrogens with zero attached hydrogens (tertiary/aromatic N) is 1. The summed E-state index contributed by atoms with van der Waals surface area (Å²) in [5.41, 5.74) is -0.442. The summed E-state index contributed by atoms with van der Waals surface area (Å²) in [6, 6.07) is 3.84. The standard InChI is InChI=1S/C16H24BrNO3/c1-3-20-15(19)12-16(2,13-8-9-14(17)21-13)18-10-6-4-5-7-11-18/h8-9H,3-7,10-12H2,1-2H3. The number of halogens is 1. The normalized spacial score (nSPS) is 19.8. The molecule has 5 heteroatoms. The Morgan fingerprint density at radius 3 is 2.52 bits per heavy atom. The molecule has 0 radical (unpaired) electrons. The van der Waals surface area contributed by atoms with Crippen molar-refractivity contribution in [1.82, 2.24) is 4.90 Å². The average Bonchev–Trinajstić information content (AvgIpc) is 2.72. The molecule has 0 bridgehead atoms. The van der Waals surface area contributed by atoms with Gasteiger partial charge in [0.15, 0.2) is 4.67 Å². The van der Waals surface area contributed by atoms with Crippen LogP contribution in [0.15, 0.2) is 21.2 Å². The van der Waals surface area contributed by atoms with Crippen molar-refractivity contribution in [2.24, 2.45) is 0 Å². The van der Waals surface area contributed by atoms with Crippen molar-refractivity contribution >= 4 is 21.9 Å². The molecule has 4 nitrogen and oxygen atoms in total. The summed E-state index contributed by atoms with van der Waals surface area (Å²) < 4.78 is 11.7. The first-order valence-corrected chi connectivity index (χ1v) is 8.52. The molecule has 1 atom stereocenters. The minimum absolute atomic E-state index is 0.170. The lowest BCUT2D eigenvalue weighted by molar-refractivity contribution is -0.147. The van der Waals surface area contributed by atoms with E-state index in [0.29, 0.717) is 17.7 Å². The first kappa shape index (κ1) is 16.6. The van der Waals surface area contributed by atoms with Crippen molar-refractivity contribution in [3.63, 3.8) is 0 Å². The monoisotopic (exact) mass is 357 g/mol. The van der Waals surface area contributed by atoms with Crippen LogP contribution in [0, 0.1) is 0 Å². The van der Waals surface area contributed by atoms with Gasteiger partial charge < -0.3 is 9.15 Å². The number of carbonyl (C=O) groups is 1. The Balaban J connectivity index is 2.25. The van der Waals surface area contributed by atoms with Crippen LogP contribution in [-0.4, -0.2) is 30.6 Å². The fourth-order valence-electron chi connectivity index (χ4n) is 3.02. The second kappa shape index (κ2) is 7.45. The van der Waals surface area contributed by atoms with Gasteiger partial charge in [0, 0.05) is 0 Å². The highest BCUT2D eigenvalue weighted by atomic mass is 79.9. The van der Waals surface area contributed by atoms with Gasteiger partial charge in [0.2, 0.25) is 0 Å². The summed E-state index contributed by atoms with van der Waals surface area (Å²) in [5, 5.41) is 0. The number of hydrogen-bond acceptors (Lipinski definition) is 4. The van der Waals surface area contributed by atoms with Crippen molar-refractivity contribution in [1.29, 1.82) is 0 Å². The number of ether oxygens (including phenoxy) is 1. The number of furan rings is 1. The molecule has 1 fully saturated rings. The maximum absolute atomic E-state index is 12.1. The highest BCUT2D eigenvalue weighted by Gasteiger charge is 2.39. The first-order valence-electron chi connectivity index (χ1n) is 7.73. The molecule has 1 unspecified atom stereocenters. The summed E-state index contributed by atoms with van der Waals surface area (Å²) in [6.45, 7) is 6.32. The molecule has 1 aromatic heterocycles. The lowest BCUT2D eigenvalue weighted by Gasteiger charge is -2.38. The van der Waals surface area contributed by atoms with Gasteiger partial charge in [-0.3, -0.25) is 9.69 Å². The molecule has 1 aromatic rings.